The van der Waals surface area contributed by atoms with Gasteiger partial charge in [0.05, 0.1) is 5.41 Å². The Morgan fingerprint density at radius 3 is 2.37 bits per heavy atom. The first-order valence-electron chi connectivity index (χ1n) is 7.19. The topological polar surface area (TPSA) is 52.6 Å². The van der Waals surface area contributed by atoms with Crippen molar-refractivity contribution in [2.24, 2.45) is 11.3 Å². The summed E-state index contributed by atoms with van der Waals surface area (Å²) in [6.07, 6.45) is 1.53. The van der Waals surface area contributed by atoms with Crippen LogP contribution < -0.4 is 0 Å². The minimum Gasteiger partial charge on any atom is -0.458 e. The highest BCUT2D eigenvalue weighted by Crippen LogP contribution is 2.42. The van der Waals surface area contributed by atoms with Crippen LogP contribution in [0.4, 0.5) is 0 Å². The molecule has 4 nitrogen and oxygen atoms in total. The number of ether oxygens (including phenoxy) is 2. The van der Waals surface area contributed by atoms with Crippen LogP contribution in [-0.4, -0.2) is 23.6 Å². The highest BCUT2D eigenvalue weighted by molar-refractivity contribution is 5.80. The first-order valence-corrected chi connectivity index (χ1v) is 7.19. The molecule has 110 valence electrons. The lowest BCUT2D eigenvalue weighted by Crippen LogP contribution is -2.48. The summed E-state index contributed by atoms with van der Waals surface area (Å²) in [5.74, 6) is -0.858. The van der Waals surface area contributed by atoms with Gasteiger partial charge in [0.2, 0.25) is 0 Å². The molecule has 0 bridgehead atoms. The largest absolute Gasteiger partial charge is 0.458 e. The third kappa shape index (κ3) is 2.63. The zero-order valence-corrected chi connectivity index (χ0v) is 12.9. The number of cyclic esters (lactones) is 1. The molecule has 0 saturated carbocycles. The zero-order chi connectivity index (χ0) is 14.8. The lowest BCUT2D eigenvalue weighted by Gasteiger charge is -2.36. The number of hydrogen-bond donors (Lipinski definition) is 0. The highest BCUT2D eigenvalue weighted by Gasteiger charge is 2.57. The highest BCUT2D eigenvalue weighted by atomic mass is 16.6. The fraction of sp³-hybridized carbons (Fsp3) is 0.867. The molecule has 1 aliphatic heterocycles. The summed E-state index contributed by atoms with van der Waals surface area (Å²) < 4.78 is 11.1. The Bertz CT molecular complexity index is 361. The van der Waals surface area contributed by atoms with E-state index in [4.69, 9.17) is 9.47 Å². The van der Waals surface area contributed by atoms with Crippen molar-refractivity contribution in [2.45, 2.75) is 72.5 Å². The molecule has 4 heteroatoms. The van der Waals surface area contributed by atoms with E-state index >= 15 is 0 Å². The summed E-state index contributed by atoms with van der Waals surface area (Å²) in [5.41, 5.74) is -1.35. The molecule has 1 aliphatic rings. The van der Waals surface area contributed by atoms with E-state index < -0.39 is 11.0 Å². The summed E-state index contributed by atoms with van der Waals surface area (Å²) in [7, 11) is 0. The SMILES string of the molecule is CCC1C(=O)OC(C)C1(CC)OC(=O)C(C)(C)CC. The monoisotopic (exact) mass is 270 g/mol. The van der Waals surface area contributed by atoms with Crippen LogP contribution in [-0.2, 0) is 19.1 Å². The fourth-order valence-electron chi connectivity index (χ4n) is 2.57. The maximum absolute atomic E-state index is 12.3. The van der Waals surface area contributed by atoms with Crippen LogP contribution in [0.15, 0.2) is 0 Å². The third-order valence-electron chi connectivity index (χ3n) is 4.54. The predicted molar refractivity (Wildman–Crippen MR) is 72.5 cm³/mol. The Balaban J connectivity index is 3.04. The second-order valence-electron chi connectivity index (χ2n) is 5.98. The van der Waals surface area contributed by atoms with E-state index in [1.54, 1.807) is 0 Å². The van der Waals surface area contributed by atoms with Gasteiger partial charge in [0, 0.05) is 0 Å². The summed E-state index contributed by atoms with van der Waals surface area (Å²) in [6.45, 7) is 11.4. The van der Waals surface area contributed by atoms with Gasteiger partial charge in [-0.25, -0.2) is 0 Å². The average Bonchev–Trinajstić information content (AvgIpc) is 2.60. The van der Waals surface area contributed by atoms with Crippen molar-refractivity contribution >= 4 is 11.9 Å². The summed E-state index contributed by atoms with van der Waals surface area (Å²) in [5, 5.41) is 0. The molecule has 3 atom stereocenters. The first kappa shape index (κ1) is 16.0. The maximum Gasteiger partial charge on any atom is 0.313 e. The number of carbonyl (C=O) groups excluding carboxylic acids is 2. The van der Waals surface area contributed by atoms with Crippen molar-refractivity contribution in [3.05, 3.63) is 0 Å². The quantitative estimate of drug-likeness (QED) is 0.720. The van der Waals surface area contributed by atoms with Gasteiger partial charge in [-0.1, -0.05) is 20.8 Å². The van der Waals surface area contributed by atoms with Gasteiger partial charge in [0.15, 0.2) is 5.60 Å². The van der Waals surface area contributed by atoms with Crippen LogP contribution in [0, 0.1) is 11.3 Å². The molecule has 0 spiro atoms. The second kappa shape index (κ2) is 5.51. The molecule has 1 fully saturated rings. The van der Waals surface area contributed by atoms with Crippen molar-refractivity contribution in [1.82, 2.24) is 0 Å². The van der Waals surface area contributed by atoms with E-state index in [9.17, 15) is 9.59 Å². The molecule has 1 heterocycles. The zero-order valence-electron chi connectivity index (χ0n) is 12.9. The average molecular weight is 270 g/mol. The number of hydrogen-bond acceptors (Lipinski definition) is 4. The normalized spacial score (nSPS) is 31.2. The Hall–Kier alpha value is -1.06. The molecule has 1 rings (SSSR count). The molecule has 0 aromatic rings. The Kier molecular flexibility index (Phi) is 4.64. The maximum atomic E-state index is 12.3. The van der Waals surface area contributed by atoms with Gasteiger partial charge in [-0.2, -0.15) is 0 Å². The fourth-order valence-corrected chi connectivity index (χ4v) is 2.57. The van der Waals surface area contributed by atoms with Crippen molar-refractivity contribution in [3.63, 3.8) is 0 Å². The first-order chi connectivity index (χ1) is 8.75. The van der Waals surface area contributed by atoms with E-state index in [1.807, 2.05) is 41.5 Å². The van der Waals surface area contributed by atoms with Crippen LogP contribution in [0.25, 0.3) is 0 Å². The Morgan fingerprint density at radius 2 is 1.95 bits per heavy atom. The van der Waals surface area contributed by atoms with Crippen molar-refractivity contribution < 1.29 is 19.1 Å². The van der Waals surface area contributed by atoms with E-state index in [2.05, 4.69) is 0 Å². The standard InChI is InChI=1S/C15H26O4/c1-7-11-12(16)18-10(4)15(11,9-3)19-13(17)14(5,6)8-2/h10-11H,7-9H2,1-6H3. The van der Waals surface area contributed by atoms with Crippen LogP contribution in [0.5, 0.6) is 0 Å². The molecule has 0 N–H and O–H groups in total. The molecule has 0 aromatic heterocycles. The molecular weight excluding hydrogens is 244 g/mol. The summed E-state index contributed by atoms with van der Waals surface area (Å²) in [6, 6.07) is 0. The molecule has 0 amide bonds. The van der Waals surface area contributed by atoms with Gasteiger partial charge >= 0.3 is 11.9 Å². The minimum atomic E-state index is -0.810. The predicted octanol–water partition coefficient (Wildman–Crippen LogP) is 3.09. The Morgan fingerprint density at radius 1 is 1.37 bits per heavy atom. The Labute approximate surface area is 115 Å². The number of esters is 2. The molecule has 0 aliphatic carbocycles. The van der Waals surface area contributed by atoms with Gasteiger partial charge in [-0.05, 0) is 40.0 Å². The number of carbonyl (C=O) groups is 2. The summed E-state index contributed by atoms with van der Waals surface area (Å²) in [4.78, 5) is 24.2. The molecule has 19 heavy (non-hydrogen) atoms. The molecule has 0 aromatic carbocycles. The van der Waals surface area contributed by atoms with Gasteiger partial charge in [0.1, 0.15) is 12.0 Å². The van der Waals surface area contributed by atoms with Crippen LogP contribution in [0.2, 0.25) is 0 Å². The van der Waals surface area contributed by atoms with E-state index in [1.165, 1.54) is 0 Å². The molecule has 0 radical (unpaired) electrons. The van der Waals surface area contributed by atoms with E-state index in [0.29, 0.717) is 19.3 Å². The third-order valence-corrected chi connectivity index (χ3v) is 4.54. The van der Waals surface area contributed by atoms with Gasteiger partial charge < -0.3 is 9.47 Å². The molecular formula is C15H26O4. The van der Waals surface area contributed by atoms with Crippen molar-refractivity contribution in [2.75, 3.05) is 0 Å². The lowest BCUT2D eigenvalue weighted by molar-refractivity contribution is -0.181. The van der Waals surface area contributed by atoms with E-state index in [-0.39, 0.29) is 24.0 Å². The van der Waals surface area contributed by atoms with Gasteiger partial charge in [-0.3, -0.25) is 9.59 Å². The molecule has 1 saturated heterocycles. The van der Waals surface area contributed by atoms with Gasteiger partial charge in [-0.15, -0.1) is 0 Å². The van der Waals surface area contributed by atoms with Crippen molar-refractivity contribution in [1.29, 1.82) is 0 Å². The summed E-state index contributed by atoms with van der Waals surface area (Å²) >= 11 is 0. The van der Waals surface area contributed by atoms with Crippen LogP contribution in [0.3, 0.4) is 0 Å². The molecule has 3 unspecified atom stereocenters. The second-order valence-corrected chi connectivity index (χ2v) is 5.98. The van der Waals surface area contributed by atoms with Crippen molar-refractivity contribution in [3.8, 4) is 0 Å². The number of rotatable bonds is 5. The van der Waals surface area contributed by atoms with Crippen LogP contribution >= 0.6 is 0 Å². The van der Waals surface area contributed by atoms with E-state index in [0.717, 1.165) is 0 Å². The van der Waals surface area contributed by atoms with Crippen LogP contribution in [0.1, 0.15) is 60.8 Å². The lowest BCUT2D eigenvalue weighted by atomic mass is 9.80. The van der Waals surface area contributed by atoms with Gasteiger partial charge in [0.25, 0.3) is 0 Å². The smallest absolute Gasteiger partial charge is 0.313 e. The minimum absolute atomic E-state index is 0.250.